The number of hydrogen-bond donors (Lipinski definition) is 2. The van der Waals surface area contributed by atoms with Gasteiger partial charge >= 0.3 is 0 Å². The summed E-state index contributed by atoms with van der Waals surface area (Å²) in [6.45, 7) is 4.37. The van der Waals surface area contributed by atoms with Gasteiger partial charge in [-0.3, -0.25) is 14.2 Å². The normalized spacial score (nSPS) is 20.2. The van der Waals surface area contributed by atoms with Gasteiger partial charge in [0.2, 0.25) is 11.8 Å². The SMILES string of the molecule is CN[C@@H](C)C(=O)N[C@H](C(=O)N1CCC[C@H]1c1cc(-n2cnc3ccccc32)nc(C)n1)C1CCCCC1. The third kappa shape index (κ3) is 5.23. The molecule has 1 aliphatic carbocycles. The summed E-state index contributed by atoms with van der Waals surface area (Å²) >= 11 is 0. The van der Waals surface area contributed by atoms with E-state index in [-0.39, 0.29) is 29.8 Å². The second-order valence-electron chi connectivity index (χ2n) is 10.4. The first kappa shape index (κ1) is 25.3. The van der Waals surface area contributed by atoms with Gasteiger partial charge in [0.1, 0.15) is 24.0 Å². The highest BCUT2D eigenvalue weighted by Crippen LogP contribution is 2.35. The lowest BCUT2D eigenvalue weighted by molar-refractivity contribution is -0.139. The number of carbonyl (C=O) groups is 2. The average molecular weight is 504 g/mol. The number of imidazole rings is 1. The van der Waals surface area contributed by atoms with Crippen LogP contribution in [0.1, 0.15) is 69.4 Å². The van der Waals surface area contributed by atoms with E-state index in [1.54, 1.807) is 13.4 Å². The Morgan fingerprint density at radius 1 is 1.05 bits per heavy atom. The number of benzene rings is 1. The Bertz CT molecular complexity index is 1270. The Labute approximate surface area is 218 Å². The minimum absolute atomic E-state index is 0.0111. The maximum Gasteiger partial charge on any atom is 0.246 e. The lowest BCUT2D eigenvalue weighted by atomic mass is 9.83. The van der Waals surface area contributed by atoms with Gasteiger partial charge in [0, 0.05) is 12.6 Å². The molecule has 3 atom stereocenters. The number of hydrogen-bond acceptors (Lipinski definition) is 6. The lowest BCUT2D eigenvalue weighted by Gasteiger charge is -2.35. The van der Waals surface area contributed by atoms with E-state index < -0.39 is 6.04 Å². The van der Waals surface area contributed by atoms with Gasteiger partial charge in [-0.1, -0.05) is 31.4 Å². The van der Waals surface area contributed by atoms with Crippen LogP contribution < -0.4 is 10.6 Å². The molecular weight excluding hydrogens is 466 g/mol. The molecule has 2 amide bonds. The first-order valence-electron chi connectivity index (χ1n) is 13.5. The van der Waals surface area contributed by atoms with E-state index in [1.807, 2.05) is 53.6 Å². The number of amides is 2. The molecule has 0 bridgehead atoms. The summed E-state index contributed by atoms with van der Waals surface area (Å²) in [4.78, 5) is 42.9. The van der Waals surface area contributed by atoms with E-state index in [0.717, 1.165) is 61.1 Å². The predicted octanol–water partition coefficient (Wildman–Crippen LogP) is 3.46. The highest BCUT2D eigenvalue weighted by molar-refractivity contribution is 5.90. The van der Waals surface area contributed by atoms with Crippen molar-refractivity contribution in [1.29, 1.82) is 0 Å². The van der Waals surface area contributed by atoms with Crippen molar-refractivity contribution in [3.8, 4) is 5.82 Å². The van der Waals surface area contributed by atoms with E-state index in [1.165, 1.54) is 6.42 Å². The Balaban J connectivity index is 1.44. The molecule has 2 fully saturated rings. The molecule has 0 spiro atoms. The predicted molar refractivity (Wildman–Crippen MR) is 142 cm³/mol. The fourth-order valence-corrected chi connectivity index (χ4v) is 5.79. The van der Waals surface area contributed by atoms with Gasteiger partial charge in [-0.25, -0.2) is 15.0 Å². The average Bonchev–Trinajstić information content (AvgIpc) is 3.59. The van der Waals surface area contributed by atoms with Crippen LogP contribution in [0.5, 0.6) is 0 Å². The van der Waals surface area contributed by atoms with E-state index >= 15 is 0 Å². The minimum atomic E-state index is -0.510. The van der Waals surface area contributed by atoms with Crippen LogP contribution in [0.3, 0.4) is 0 Å². The van der Waals surface area contributed by atoms with Crippen LogP contribution in [0.15, 0.2) is 36.7 Å². The van der Waals surface area contributed by atoms with Crippen molar-refractivity contribution < 1.29 is 9.59 Å². The zero-order chi connectivity index (χ0) is 25.9. The molecular formula is C28H37N7O2. The molecule has 0 radical (unpaired) electrons. The fourth-order valence-electron chi connectivity index (χ4n) is 5.79. The second kappa shape index (κ2) is 11.0. The second-order valence-corrected chi connectivity index (χ2v) is 10.4. The monoisotopic (exact) mass is 503 g/mol. The summed E-state index contributed by atoms with van der Waals surface area (Å²) in [6, 6.07) is 8.93. The van der Waals surface area contributed by atoms with Gasteiger partial charge in [-0.2, -0.15) is 0 Å². The van der Waals surface area contributed by atoms with Crippen molar-refractivity contribution in [3.05, 3.63) is 48.2 Å². The molecule has 3 heterocycles. The van der Waals surface area contributed by atoms with E-state index in [2.05, 4.69) is 20.6 Å². The number of para-hydroxylation sites is 2. The van der Waals surface area contributed by atoms with Gasteiger partial charge in [0.25, 0.3) is 0 Å². The van der Waals surface area contributed by atoms with Crippen molar-refractivity contribution in [1.82, 2.24) is 35.1 Å². The number of carbonyl (C=O) groups excluding carboxylic acids is 2. The van der Waals surface area contributed by atoms with Crippen LogP contribution in [0.2, 0.25) is 0 Å². The Hall–Kier alpha value is -3.33. The zero-order valence-electron chi connectivity index (χ0n) is 22.0. The molecule has 1 aliphatic heterocycles. The van der Waals surface area contributed by atoms with Gasteiger partial charge in [-0.15, -0.1) is 0 Å². The number of likely N-dealkylation sites (N-methyl/N-ethyl adjacent to an activating group) is 1. The first-order valence-corrected chi connectivity index (χ1v) is 13.5. The molecule has 9 nitrogen and oxygen atoms in total. The molecule has 2 N–H and O–H groups in total. The van der Waals surface area contributed by atoms with Crippen molar-refractivity contribution in [2.75, 3.05) is 13.6 Å². The Morgan fingerprint density at radius 3 is 2.62 bits per heavy atom. The summed E-state index contributed by atoms with van der Waals surface area (Å²) in [7, 11) is 1.76. The molecule has 37 heavy (non-hydrogen) atoms. The highest BCUT2D eigenvalue weighted by Gasteiger charge is 2.39. The molecule has 1 aromatic carbocycles. The number of aromatic nitrogens is 4. The van der Waals surface area contributed by atoms with Crippen LogP contribution in [-0.4, -0.2) is 61.9 Å². The summed E-state index contributed by atoms with van der Waals surface area (Å²) in [5.41, 5.74) is 2.72. The summed E-state index contributed by atoms with van der Waals surface area (Å²) in [5, 5.41) is 6.11. The zero-order valence-corrected chi connectivity index (χ0v) is 22.0. The molecule has 196 valence electrons. The maximum atomic E-state index is 14.1. The smallest absolute Gasteiger partial charge is 0.246 e. The third-order valence-corrected chi connectivity index (χ3v) is 7.93. The van der Waals surface area contributed by atoms with Crippen LogP contribution >= 0.6 is 0 Å². The number of fused-ring (bicyclic) bond motifs is 1. The van der Waals surface area contributed by atoms with Gasteiger partial charge in [-0.05, 0) is 64.6 Å². The van der Waals surface area contributed by atoms with Gasteiger partial charge < -0.3 is 15.5 Å². The Kier molecular flexibility index (Phi) is 7.50. The van der Waals surface area contributed by atoms with E-state index in [0.29, 0.717) is 12.4 Å². The third-order valence-electron chi connectivity index (χ3n) is 7.93. The van der Waals surface area contributed by atoms with Gasteiger partial charge in [0.15, 0.2) is 0 Å². The number of likely N-dealkylation sites (tertiary alicyclic amines) is 1. The van der Waals surface area contributed by atoms with Crippen LogP contribution in [0, 0.1) is 12.8 Å². The minimum Gasteiger partial charge on any atom is -0.343 e. The fraction of sp³-hybridized carbons (Fsp3) is 0.536. The number of aryl methyl sites for hydroxylation is 1. The molecule has 5 rings (SSSR count). The van der Waals surface area contributed by atoms with Crippen LogP contribution in [0.25, 0.3) is 16.9 Å². The van der Waals surface area contributed by atoms with E-state index in [4.69, 9.17) is 4.98 Å². The largest absolute Gasteiger partial charge is 0.343 e. The summed E-state index contributed by atoms with van der Waals surface area (Å²) < 4.78 is 1.97. The molecule has 1 saturated carbocycles. The summed E-state index contributed by atoms with van der Waals surface area (Å²) in [6.07, 6.45) is 8.85. The standard InChI is InChI=1S/C28H37N7O2/c1-18(29-3)27(36)33-26(20-10-5-4-6-11-20)28(37)34-15-9-14-24(34)22-16-25(32-19(2)31-22)35-17-30-21-12-7-8-13-23(21)35/h7-8,12-13,16-18,20,24,26,29H,4-6,9-11,14-15H2,1-3H3,(H,33,36)/t18-,24-,26-/m0/s1. The molecule has 0 unspecified atom stereocenters. The van der Waals surface area contributed by atoms with Crippen molar-refractivity contribution in [2.24, 2.45) is 5.92 Å². The molecule has 3 aromatic rings. The van der Waals surface area contributed by atoms with Crippen molar-refractivity contribution in [2.45, 2.75) is 76.9 Å². The van der Waals surface area contributed by atoms with E-state index in [9.17, 15) is 9.59 Å². The highest BCUT2D eigenvalue weighted by atomic mass is 16.2. The maximum absolute atomic E-state index is 14.1. The first-order chi connectivity index (χ1) is 18.0. The van der Waals surface area contributed by atoms with Crippen LogP contribution in [0.4, 0.5) is 0 Å². The van der Waals surface area contributed by atoms with Crippen LogP contribution in [-0.2, 0) is 9.59 Å². The van der Waals surface area contributed by atoms with Gasteiger partial charge in [0.05, 0.1) is 28.8 Å². The van der Waals surface area contributed by atoms with Crippen molar-refractivity contribution in [3.63, 3.8) is 0 Å². The molecule has 9 heteroatoms. The Morgan fingerprint density at radius 2 is 1.84 bits per heavy atom. The molecule has 2 aromatic heterocycles. The number of nitrogens with one attached hydrogen (secondary N) is 2. The van der Waals surface area contributed by atoms with Crippen molar-refractivity contribution >= 4 is 22.8 Å². The number of rotatable bonds is 7. The topological polar surface area (TPSA) is 105 Å². The quantitative estimate of drug-likeness (QED) is 0.512. The molecule has 1 saturated heterocycles. The lowest BCUT2D eigenvalue weighted by Crippen LogP contribution is -2.55. The molecule has 2 aliphatic rings. The summed E-state index contributed by atoms with van der Waals surface area (Å²) in [5.74, 6) is 1.45. The number of nitrogens with zero attached hydrogens (tertiary/aromatic N) is 5.